The van der Waals surface area contributed by atoms with Crippen molar-refractivity contribution in [2.75, 3.05) is 49.5 Å². The number of nitrogens with two attached hydrogens (primary N) is 1. The average molecular weight is 441 g/mol. The van der Waals surface area contributed by atoms with Gasteiger partial charge in [-0.25, -0.2) is 13.6 Å². The van der Waals surface area contributed by atoms with Crippen LogP contribution in [-0.2, 0) is 24.3 Å². The van der Waals surface area contributed by atoms with Crippen LogP contribution in [0.2, 0.25) is 0 Å². The molecule has 1 saturated heterocycles. The van der Waals surface area contributed by atoms with Crippen molar-refractivity contribution >= 4 is 33.3 Å². The van der Waals surface area contributed by atoms with Crippen LogP contribution in [0, 0.1) is 5.92 Å². The van der Waals surface area contributed by atoms with Gasteiger partial charge in [-0.3, -0.25) is 14.5 Å². The molecule has 0 spiro atoms. The third-order valence-corrected chi connectivity index (χ3v) is 6.16. The Labute approximate surface area is 178 Å². The fourth-order valence-electron chi connectivity index (χ4n) is 3.61. The third kappa shape index (κ3) is 6.41. The van der Waals surface area contributed by atoms with E-state index in [1.54, 1.807) is 13.0 Å². The van der Waals surface area contributed by atoms with Crippen LogP contribution in [0.5, 0.6) is 0 Å². The molecule has 1 aromatic carbocycles. The molecule has 9 nitrogen and oxygen atoms in total. The largest absolute Gasteiger partial charge is 0.466 e. The van der Waals surface area contributed by atoms with Crippen molar-refractivity contribution in [3.05, 3.63) is 18.2 Å². The van der Waals surface area contributed by atoms with E-state index in [9.17, 15) is 18.0 Å². The maximum Gasteiger partial charge on any atom is 0.309 e. The minimum Gasteiger partial charge on any atom is -0.466 e. The summed E-state index contributed by atoms with van der Waals surface area (Å²) < 4.78 is 28.6. The van der Waals surface area contributed by atoms with Gasteiger partial charge in [0.1, 0.15) is 0 Å². The molecule has 0 atom stereocenters. The van der Waals surface area contributed by atoms with Gasteiger partial charge in [0, 0.05) is 13.1 Å². The quantitative estimate of drug-likeness (QED) is 0.557. The van der Waals surface area contributed by atoms with E-state index in [2.05, 4.69) is 5.32 Å². The minimum absolute atomic E-state index is 0.0519. The molecule has 2 rings (SSSR count). The van der Waals surface area contributed by atoms with Gasteiger partial charge < -0.3 is 15.0 Å². The Morgan fingerprint density at radius 1 is 1.20 bits per heavy atom. The van der Waals surface area contributed by atoms with Gasteiger partial charge in [-0.15, -0.1) is 0 Å². The van der Waals surface area contributed by atoms with Gasteiger partial charge in [0.15, 0.2) is 0 Å². The van der Waals surface area contributed by atoms with Crippen molar-refractivity contribution in [1.29, 1.82) is 0 Å². The maximum atomic E-state index is 12.7. The molecule has 3 N–H and O–H groups in total. The van der Waals surface area contributed by atoms with E-state index in [1.807, 2.05) is 23.6 Å². The van der Waals surface area contributed by atoms with Crippen molar-refractivity contribution in [3.63, 3.8) is 0 Å². The number of rotatable bonds is 9. The molecule has 1 aliphatic heterocycles. The molecule has 0 saturated carbocycles. The lowest BCUT2D eigenvalue weighted by Gasteiger charge is -2.30. The molecule has 30 heavy (non-hydrogen) atoms. The molecule has 1 heterocycles. The van der Waals surface area contributed by atoms with E-state index < -0.39 is 10.0 Å². The molecule has 0 unspecified atom stereocenters. The zero-order valence-electron chi connectivity index (χ0n) is 17.9. The molecule has 1 fully saturated rings. The summed E-state index contributed by atoms with van der Waals surface area (Å²) in [6, 6.07) is 4.50. The summed E-state index contributed by atoms with van der Waals surface area (Å²) in [5.74, 6) is -0.542. The van der Waals surface area contributed by atoms with E-state index in [4.69, 9.17) is 9.88 Å². The Morgan fingerprint density at radius 3 is 2.37 bits per heavy atom. The number of amides is 1. The first-order valence-electron chi connectivity index (χ1n) is 10.3. The average Bonchev–Trinajstić information content (AvgIpc) is 2.69. The predicted octanol–water partition coefficient (Wildman–Crippen LogP) is 1.39. The predicted molar refractivity (Wildman–Crippen MR) is 116 cm³/mol. The van der Waals surface area contributed by atoms with Gasteiger partial charge in [0.05, 0.1) is 35.3 Å². The van der Waals surface area contributed by atoms with E-state index in [1.165, 1.54) is 12.1 Å². The number of piperidine rings is 1. The second-order valence-electron chi connectivity index (χ2n) is 7.25. The Balaban J connectivity index is 2.07. The Hall–Kier alpha value is -2.17. The number of ether oxygens (including phenoxy) is 1. The summed E-state index contributed by atoms with van der Waals surface area (Å²) in [4.78, 5) is 28.5. The molecule has 0 radical (unpaired) electrons. The number of nitrogens with one attached hydrogen (secondary N) is 1. The monoisotopic (exact) mass is 440 g/mol. The normalized spacial score (nSPS) is 15.6. The summed E-state index contributed by atoms with van der Waals surface area (Å²) >= 11 is 0. The Bertz CT molecular complexity index is 847. The van der Waals surface area contributed by atoms with Crippen LogP contribution in [-0.4, -0.2) is 64.5 Å². The molecule has 1 aliphatic rings. The SMILES string of the molecule is CCOC(=O)C1CCN(CC(=O)Nc2cc(S(N)(=O)=O)ccc2N(CC)CC)CC1. The van der Waals surface area contributed by atoms with E-state index in [-0.39, 0.29) is 29.2 Å². The molecular weight excluding hydrogens is 408 g/mol. The molecular formula is C20H32N4O5S. The highest BCUT2D eigenvalue weighted by atomic mass is 32.2. The van der Waals surface area contributed by atoms with Crippen LogP contribution >= 0.6 is 0 Å². The fraction of sp³-hybridized carbons (Fsp3) is 0.600. The molecule has 0 aromatic heterocycles. The van der Waals surface area contributed by atoms with Gasteiger partial charge in [-0.05, 0) is 64.9 Å². The molecule has 0 bridgehead atoms. The first-order valence-corrected chi connectivity index (χ1v) is 11.8. The number of hydrogen-bond donors (Lipinski definition) is 2. The summed E-state index contributed by atoms with van der Waals surface area (Å²) in [5, 5.41) is 8.10. The van der Waals surface area contributed by atoms with E-state index in [0.29, 0.717) is 51.3 Å². The number of likely N-dealkylation sites (tertiary alicyclic amines) is 1. The number of carbonyl (C=O) groups excluding carboxylic acids is 2. The van der Waals surface area contributed by atoms with Crippen LogP contribution in [0.15, 0.2) is 23.1 Å². The van der Waals surface area contributed by atoms with Crippen molar-refractivity contribution in [1.82, 2.24) is 4.90 Å². The van der Waals surface area contributed by atoms with Crippen LogP contribution in [0.25, 0.3) is 0 Å². The van der Waals surface area contributed by atoms with Crippen LogP contribution in [0.3, 0.4) is 0 Å². The van der Waals surface area contributed by atoms with E-state index >= 15 is 0 Å². The number of hydrogen-bond acceptors (Lipinski definition) is 7. The number of sulfonamides is 1. The Kier molecular flexibility index (Phi) is 8.63. The number of carbonyl (C=O) groups is 2. The number of primary sulfonamides is 1. The van der Waals surface area contributed by atoms with Crippen molar-refractivity contribution in [2.24, 2.45) is 11.1 Å². The summed E-state index contributed by atoms with van der Waals surface area (Å²) in [6.07, 6.45) is 1.30. The lowest BCUT2D eigenvalue weighted by molar-refractivity contribution is -0.149. The van der Waals surface area contributed by atoms with Crippen LogP contribution in [0.4, 0.5) is 11.4 Å². The van der Waals surface area contributed by atoms with E-state index in [0.717, 1.165) is 5.69 Å². The van der Waals surface area contributed by atoms with Crippen molar-refractivity contribution < 1.29 is 22.7 Å². The highest BCUT2D eigenvalue weighted by Crippen LogP contribution is 2.29. The number of nitrogens with zero attached hydrogens (tertiary/aromatic N) is 2. The van der Waals surface area contributed by atoms with Crippen molar-refractivity contribution in [2.45, 2.75) is 38.5 Å². The van der Waals surface area contributed by atoms with Gasteiger partial charge in [0.25, 0.3) is 0 Å². The smallest absolute Gasteiger partial charge is 0.309 e. The molecule has 1 aromatic rings. The number of anilines is 2. The Morgan fingerprint density at radius 2 is 1.83 bits per heavy atom. The fourth-order valence-corrected chi connectivity index (χ4v) is 4.15. The molecule has 10 heteroatoms. The highest BCUT2D eigenvalue weighted by molar-refractivity contribution is 7.89. The second-order valence-corrected chi connectivity index (χ2v) is 8.81. The lowest BCUT2D eigenvalue weighted by Crippen LogP contribution is -2.41. The number of benzene rings is 1. The minimum atomic E-state index is -3.89. The topological polar surface area (TPSA) is 122 Å². The van der Waals surface area contributed by atoms with Crippen molar-refractivity contribution in [3.8, 4) is 0 Å². The summed E-state index contributed by atoms with van der Waals surface area (Å²) in [6.45, 7) is 8.93. The zero-order chi connectivity index (χ0) is 22.3. The van der Waals surface area contributed by atoms with Gasteiger partial charge in [0.2, 0.25) is 15.9 Å². The van der Waals surface area contributed by atoms with Crippen LogP contribution < -0.4 is 15.4 Å². The first-order chi connectivity index (χ1) is 14.2. The first kappa shape index (κ1) is 24.1. The second kappa shape index (κ2) is 10.7. The third-order valence-electron chi connectivity index (χ3n) is 5.25. The lowest BCUT2D eigenvalue weighted by atomic mass is 9.97. The number of esters is 1. The zero-order valence-corrected chi connectivity index (χ0v) is 18.7. The van der Waals surface area contributed by atoms with Crippen LogP contribution in [0.1, 0.15) is 33.6 Å². The molecule has 1 amide bonds. The maximum absolute atomic E-state index is 12.7. The van der Waals surface area contributed by atoms with Gasteiger partial charge in [-0.2, -0.15) is 0 Å². The standard InChI is InChI=1S/C20H32N4O5S/c1-4-24(5-2)18-8-7-16(30(21,27)28)13-17(18)22-19(25)14-23-11-9-15(10-12-23)20(26)29-6-3/h7-8,13,15H,4-6,9-12,14H2,1-3H3,(H,22,25)(H2,21,27,28). The highest BCUT2D eigenvalue weighted by Gasteiger charge is 2.27. The molecule has 0 aliphatic carbocycles. The summed E-state index contributed by atoms with van der Waals surface area (Å²) in [5.41, 5.74) is 1.15. The molecule has 168 valence electrons. The summed E-state index contributed by atoms with van der Waals surface area (Å²) in [7, 11) is -3.89. The van der Waals surface area contributed by atoms with Gasteiger partial charge >= 0.3 is 5.97 Å². The van der Waals surface area contributed by atoms with Gasteiger partial charge in [-0.1, -0.05) is 0 Å².